The zero-order chi connectivity index (χ0) is 20.3. The van der Waals surface area contributed by atoms with Crippen LogP contribution in [0.3, 0.4) is 0 Å². The van der Waals surface area contributed by atoms with E-state index in [4.69, 9.17) is 4.74 Å². The second kappa shape index (κ2) is 8.21. The number of ether oxygens (including phenoxy) is 1. The standard InChI is InChI=1S/C21H24N4O3/c1-14-12-17(19-15(2)23-24(3)20(19)22-14)21(27)25(11-10-18(26)28-4)13-16-8-6-5-7-9-16/h5-9,12H,10-11,13H2,1-4H3. The Hall–Kier alpha value is -3.22. The molecule has 0 aliphatic rings. The van der Waals surface area contributed by atoms with Crippen molar-refractivity contribution in [3.05, 3.63) is 58.9 Å². The van der Waals surface area contributed by atoms with Gasteiger partial charge >= 0.3 is 5.97 Å². The average Bonchev–Trinajstić information content (AvgIpc) is 2.98. The Morgan fingerprint density at radius 2 is 1.89 bits per heavy atom. The third-order valence-corrected chi connectivity index (χ3v) is 4.64. The van der Waals surface area contributed by atoms with Crippen LogP contribution < -0.4 is 0 Å². The summed E-state index contributed by atoms with van der Waals surface area (Å²) in [5.74, 6) is -0.501. The molecular weight excluding hydrogens is 356 g/mol. The Morgan fingerprint density at radius 1 is 1.18 bits per heavy atom. The zero-order valence-electron chi connectivity index (χ0n) is 16.6. The van der Waals surface area contributed by atoms with Crippen molar-refractivity contribution < 1.29 is 14.3 Å². The predicted octanol–water partition coefficient (Wildman–Crippen LogP) is 2.79. The summed E-state index contributed by atoms with van der Waals surface area (Å²) in [4.78, 5) is 31.4. The van der Waals surface area contributed by atoms with Crippen LogP contribution in [0.2, 0.25) is 0 Å². The Bertz CT molecular complexity index is 1010. The topological polar surface area (TPSA) is 77.3 Å². The molecule has 146 valence electrons. The molecule has 3 aromatic rings. The Labute approximate surface area is 163 Å². The minimum Gasteiger partial charge on any atom is -0.469 e. The second-order valence-electron chi connectivity index (χ2n) is 6.76. The van der Waals surface area contributed by atoms with Crippen LogP contribution in [0.1, 0.15) is 33.7 Å². The SMILES string of the molecule is COC(=O)CCN(Cc1ccccc1)C(=O)c1cc(C)nc2c1c(C)nn2C. The average molecular weight is 380 g/mol. The molecule has 0 aliphatic carbocycles. The quantitative estimate of drug-likeness (QED) is 0.615. The van der Waals surface area contributed by atoms with Crippen molar-refractivity contribution in [2.24, 2.45) is 7.05 Å². The van der Waals surface area contributed by atoms with Gasteiger partial charge < -0.3 is 9.64 Å². The van der Waals surface area contributed by atoms with Crippen LogP contribution in [0.4, 0.5) is 0 Å². The van der Waals surface area contributed by atoms with E-state index in [0.717, 1.165) is 22.3 Å². The molecule has 7 nitrogen and oxygen atoms in total. The van der Waals surface area contributed by atoms with Gasteiger partial charge in [0.1, 0.15) is 0 Å². The van der Waals surface area contributed by atoms with E-state index < -0.39 is 0 Å². The van der Waals surface area contributed by atoms with Gasteiger partial charge in [-0.3, -0.25) is 14.3 Å². The lowest BCUT2D eigenvalue weighted by Gasteiger charge is -2.23. The summed E-state index contributed by atoms with van der Waals surface area (Å²) in [6.07, 6.45) is 0.133. The van der Waals surface area contributed by atoms with Gasteiger partial charge in [0.05, 0.1) is 30.2 Å². The third kappa shape index (κ3) is 4.03. The first kappa shape index (κ1) is 19.5. The van der Waals surface area contributed by atoms with Gasteiger partial charge in [-0.05, 0) is 25.5 Å². The number of benzene rings is 1. The van der Waals surface area contributed by atoms with E-state index in [1.165, 1.54) is 7.11 Å². The van der Waals surface area contributed by atoms with Crippen molar-refractivity contribution >= 4 is 22.9 Å². The number of aromatic nitrogens is 3. The first-order valence-electron chi connectivity index (χ1n) is 9.11. The number of pyridine rings is 1. The molecule has 0 radical (unpaired) electrons. The third-order valence-electron chi connectivity index (χ3n) is 4.64. The van der Waals surface area contributed by atoms with E-state index >= 15 is 0 Å². The van der Waals surface area contributed by atoms with Crippen LogP contribution in [-0.4, -0.2) is 45.2 Å². The van der Waals surface area contributed by atoms with Gasteiger partial charge in [-0.1, -0.05) is 30.3 Å². The first-order chi connectivity index (χ1) is 13.4. The Kier molecular flexibility index (Phi) is 5.73. The van der Waals surface area contributed by atoms with Crippen molar-refractivity contribution in [1.82, 2.24) is 19.7 Å². The van der Waals surface area contributed by atoms with Crippen molar-refractivity contribution in [3.63, 3.8) is 0 Å². The fourth-order valence-electron chi connectivity index (χ4n) is 3.29. The maximum absolute atomic E-state index is 13.5. The summed E-state index contributed by atoms with van der Waals surface area (Å²) < 4.78 is 6.43. The van der Waals surface area contributed by atoms with E-state index in [1.807, 2.05) is 51.2 Å². The summed E-state index contributed by atoms with van der Waals surface area (Å²) in [5, 5.41) is 5.16. The minimum absolute atomic E-state index is 0.133. The van der Waals surface area contributed by atoms with Crippen LogP contribution >= 0.6 is 0 Å². The molecule has 0 spiro atoms. The van der Waals surface area contributed by atoms with E-state index in [2.05, 4.69) is 10.1 Å². The maximum Gasteiger partial charge on any atom is 0.307 e. The van der Waals surface area contributed by atoms with Gasteiger partial charge in [0.15, 0.2) is 5.65 Å². The molecule has 2 aromatic heterocycles. The van der Waals surface area contributed by atoms with E-state index in [0.29, 0.717) is 17.8 Å². The number of aryl methyl sites for hydroxylation is 3. The molecule has 0 bridgehead atoms. The monoisotopic (exact) mass is 380 g/mol. The van der Waals surface area contributed by atoms with E-state index in [9.17, 15) is 9.59 Å². The number of amides is 1. The predicted molar refractivity (Wildman–Crippen MR) is 106 cm³/mol. The molecule has 0 saturated carbocycles. The maximum atomic E-state index is 13.5. The fraction of sp³-hybridized carbons (Fsp3) is 0.333. The van der Waals surface area contributed by atoms with Crippen molar-refractivity contribution in [2.45, 2.75) is 26.8 Å². The Morgan fingerprint density at radius 3 is 2.57 bits per heavy atom. The molecule has 28 heavy (non-hydrogen) atoms. The van der Waals surface area contributed by atoms with Crippen molar-refractivity contribution in [3.8, 4) is 0 Å². The molecule has 3 rings (SSSR count). The summed E-state index contributed by atoms with van der Waals surface area (Å²) in [6.45, 7) is 4.39. The number of fused-ring (bicyclic) bond motifs is 1. The molecule has 1 amide bonds. The molecule has 0 fully saturated rings. The van der Waals surface area contributed by atoms with Gasteiger partial charge in [0, 0.05) is 25.8 Å². The number of hydrogen-bond donors (Lipinski definition) is 0. The number of carbonyl (C=O) groups is 2. The molecule has 0 unspecified atom stereocenters. The number of esters is 1. The Balaban J connectivity index is 2.00. The van der Waals surface area contributed by atoms with Crippen molar-refractivity contribution in [1.29, 1.82) is 0 Å². The van der Waals surface area contributed by atoms with Gasteiger partial charge in [-0.15, -0.1) is 0 Å². The minimum atomic E-state index is -0.348. The van der Waals surface area contributed by atoms with Crippen LogP contribution in [0, 0.1) is 13.8 Å². The summed E-state index contributed by atoms with van der Waals surface area (Å²) in [7, 11) is 3.16. The summed E-state index contributed by atoms with van der Waals surface area (Å²) in [6, 6.07) is 11.5. The number of hydrogen-bond acceptors (Lipinski definition) is 5. The van der Waals surface area contributed by atoms with Gasteiger partial charge in [0.2, 0.25) is 0 Å². The summed E-state index contributed by atoms with van der Waals surface area (Å²) >= 11 is 0. The molecule has 0 atom stereocenters. The number of carbonyl (C=O) groups excluding carboxylic acids is 2. The molecular formula is C21H24N4O3. The van der Waals surface area contributed by atoms with Gasteiger partial charge in [0.25, 0.3) is 5.91 Å². The molecule has 0 N–H and O–H groups in total. The van der Waals surface area contributed by atoms with Crippen LogP contribution in [0.25, 0.3) is 11.0 Å². The van der Waals surface area contributed by atoms with Gasteiger partial charge in [-0.25, -0.2) is 4.98 Å². The molecule has 7 heteroatoms. The molecule has 0 aliphatic heterocycles. The number of nitrogens with zero attached hydrogens (tertiary/aromatic N) is 4. The van der Waals surface area contributed by atoms with E-state index in [-0.39, 0.29) is 24.8 Å². The highest BCUT2D eigenvalue weighted by Crippen LogP contribution is 2.24. The normalized spacial score (nSPS) is 10.9. The highest BCUT2D eigenvalue weighted by Gasteiger charge is 2.23. The van der Waals surface area contributed by atoms with Gasteiger partial charge in [-0.2, -0.15) is 5.10 Å². The van der Waals surface area contributed by atoms with E-state index in [1.54, 1.807) is 15.6 Å². The number of rotatable bonds is 6. The highest BCUT2D eigenvalue weighted by atomic mass is 16.5. The van der Waals surface area contributed by atoms with Crippen molar-refractivity contribution in [2.75, 3.05) is 13.7 Å². The van der Waals surface area contributed by atoms with Crippen LogP contribution in [-0.2, 0) is 23.1 Å². The fourth-order valence-corrected chi connectivity index (χ4v) is 3.29. The smallest absolute Gasteiger partial charge is 0.307 e. The lowest BCUT2D eigenvalue weighted by molar-refractivity contribution is -0.140. The van der Waals surface area contributed by atoms with Crippen LogP contribution in [0.5, 0.6) is 0 Å². The molecule has 1 aromatic carbocycles. The molecule has 2 heterocycles. The highest BCUT2D eigenvalue weighted by molar-refractivity contribution is 6.06. The number of methoxy groups -OCH3 is 1. The van der Waals surface area contributed by atoms with Crippen LogP contribution in [0.15, 0.2) is 36.4 Å². The second-order valence-corrected chi connectivity index (χ2v) is 6.76. The molecule has 0 saturated heterocycles. The lowest BCUT2D eigenvalue weighted by Crippen LogP contribution is -2.33. The zero-order valence-corrected chi connectivity index (χ0v) is 16.6. The first-order valence-corrected chi connectivity index (χ1v) is 9.11. The lowest BCUT2D eigenvalue weighted by atomic mass is 10.1. The largest absolute Gasteiger partial charge is 0.469 e. The summed E-state index contributed by atoms with van der Waals surface area (Å²) in [5.41, 5.74) is 3.71.